The molecule has 2 aromatic rings. The highest BCUT2D eigenvalue weighted by atomic mass is 16.4. The van der Waals surface area contributed by atoms with Gasteiger partial charge in [0.15, 0.2) is 11.7 Å². The van der Waals surface area contributed by atoms with Crippen molar-refractivity contribution < 1.29 is 14.0 Å². The standard InChI is InChI=1S/C18H23NO2.C3H7NO/c1-2-16(20)12-8-3-4-9-13-18-19-14-17(21-18)15-10-6-5-7-11-15;1-3(5)4-2/h5-7,10-11,14H,2-4,8-9,12-13H2,1H3;1-2H3,(H,4,5). The Balaban J connectivity index is 0.000000597. The number of Topliss-reactive ketones (excluding diaryl/α,β-unsaturated/α-hetero) is 1. The molecule has 1 N–H and O–H groups in total. The predicted octanol–water partition coefficient (Wildman–Crippen LogP) is 4.57. The van der Waals surface area contributed by atoms with Crippen molar-refractivity contribution in [1.82, 2.24) is 10.3 Å². The molecule has 5 heteroatoms. The van der Waals surface area contributed by atoms with Gasteiger partial charge in [0.05, 0.1) is 6.20 Å². The van der Waals surface area contributed by atoms with Crippen LogP contribution in [0.1, 0.15) is 58.3 Å². The van der Waals surface area contributed by atoms with Gasteiger partial charge in [0, 0.05) is 38.8 Å². The zero-order valence-electron chi connectivity index (χ0n) is 16.1. The smallest absolute Gasteiger partial charge is 0.216 e. The van der Waals surface area contributed by atoms with E-state index in [0.717, 1.165) is 55.7 Å². The van der Waals surface area contributed by atoms with E-state index in [9.17, 15) is 9.59 Å². The molecule has 2 rings (SSSR count). The van der Waals surface area contributed by atoms with Gasteiger partial charge in [-0.05, 0) is 12.8 Å². The van der Waals surface area contributed by atoms with E-state index in [1.165, 1.54) is 6.92 Å². The number of rotatable bonds is 9. The lowest BCUT2D eigenvalue weighted by atomic mass is 10.1. The number of aryl methyl sites for hydroxylation is 1. The molecule has 0 aliphatic carbocycles. The van der Waals surface area contributed by atoms with Crippen molar-refractivity contribution in [2.45, 2.75) is 58.8 Å². The molecular weight excluding hydrogens is 328 g/mol. The summed E-state index contributed by atoms with van der Waals surface area (Å²) >= 11 is 0. The lowest BCUT2D eigenvalue weighted by molar-refractivity contribution is -0.119. The molecule has 0 saturated heterocycles. The van der Waals surface area contributed by atoms with Gasteiger partial charge in [-0.2, -0.15) is 0 Å². The minimum absolute atomic E-state index is 0.00463. The van der Waals surface area contributed by atoms with Crippen LogP contribution in [0.3, 0.4) is 0 Å². The van der Waals surface area contributed by atoms with Gasteiger partial charge in [-0.1, -0.05) is 50.1 Å². The van der Waals surface area contributed by atoms with Gasteiger partial charge >= 0.3 is 0 Å². The Labute approximate surface area is 156 Å². The number of aromatic nitrogens is 1. The SMILES string of the molecule is CCC(=O)CCCCCCc1ncc(-c2ccccc2)o1.CNC(C)=O. The van der Waals surface area contributed by atoms with Crippen molar-refractivity contribution in [1.29, 1.82) is 0 Å². The quantitative estimate of drug-likeness (QED) is 0.667. The maximum atomic E-state index is 11.2. The third-order valence-electron chi connectivity index (χ3n) is 3.95. The van der Waals surface area contributed by atoms with Crippen molar-refractivity contribution in [3.05, 3.63) is 42.4 Å². The number of carbonyl (C=O) groups excluding carboxylic acids is 2. The summed E-state index contributed by atoms with van der Waals surface area (Å²) < 4.78 is 5.77. The molecule has 0 unspecified atom stereocenters. The van der Waals surface area contributed by atoms with Crippen LogP contribution < -0.4 is 5.32 Å². The molecule has 0 fully saturated rings. The molecule has 142 valence electrons. The number of unbranched alkanes of at least 4 members (excludes halogenated alkanes) is 3. The van der Waals surface area contributed by atoms with E-state index in [4.69, 9.17) is 4.42 Å². The van der Waals surface area contributed by atoms with Gasteiger partial charge in [-0.3, -0.25) is 9.59 Å². The lowest BCUT2D eigenvalue weighted by Gasteiger charge is -1.99. The zero-order valence-corrected chi connectivity index (χ0v) is 16.1. The summed E-state index contributed by atoms with van der Waals surface area (Å²) in [5.74, 6) is 2.01. The number of oxazole rings is 1. The van der Waals surface area contributed by atoms with Crippen LogP contribution >= 0.6 is 0 Å². The number of nitrogens with zero attached hydrogens (tertiary/aromatic N) is 1. The molecule has 0 aliphatic heterocycles. The molecule has 0 atom stereocenters. The molecule has 26 heavy (non-hydrogen) atoms. The monoisotopic (exact) mass is 358 g/mol. The Hall–Kier alpha value is -2.43. The van der Waals surface area contributed by atoms with Crippen molar-refractivity contribution in [2.75, 3.05) is 7.05 Å². The largest absolute Gasteiger partial charge is 0.441 e. The zero-order chi connectivity index (χ0) is 19.2. The Morgan fingerprint density at radius 2 is 1.73 bits per heavy atom. The first kappa shape index (κ1) is 21.6. The Morgan fingerprint density at radius 1 is 1.08 bits per heavy atom. The highest BCUT2D eigenvalue weighted by molar-refractivity contribution is 5.77. The van der Waals surface area contributed by atoms with Crippen LogP contribution in [0.25, 0.3) is 11.3 Å². The Bertz CT molecular complexity index is 650. The minimum atomic E-state index is 0.00463. The number of amides is 1. The second-order valence-electron chi connectivity index (χ2n) is 6.10. The normalized spacial score (nSPS) is 9.96. The third-order valence-corrected chi connectivity index (χ3v) is 3.95. The molecular formula is C21H30N2O3. The molecule has 1 aromatic carbocycles. The van der Waals surface area contributed by atoms with Crippen molar-refractivity contribution in [3.8, 4) is 11.3 Å². The summed E-state index contributed by atoms with van der Waals surface area (Å²) in [7, 11) is 1.60. The molecule has 0 saturated carbocycles. The summed E-state index contributed by atoms with van der Waals surface area (Å²) in [5, 5.41) is 2.39. The van der Waals surface area contributed by atoms with Gasteiger partial charge in [0.1, 0.15) is 5.78 Å². The van der Waals surface area contributed by atoms with E-state index in [2.05, 4.69) is 10.3 Å². The first-order valence-corrected chi connectivity index (χ1v) is 9.27. The van der Waals surface area contributed by atoms with Crippen LogP contribution in [0.5, 0.6) is 0 Å². The first-order chi connectivity index (χ1) is 12.6. The van der Waals surface area contributed by atoms with E-state index in [1.807, 2.05) is 37.3 Å². The number of ketones is 1. The van der Waals surface area contributed by atoms with Crippen LogP contribution in [-0.4, -0.2) is 23.7 Å². The fraction of sp³-hybridized carbons (Fsp3) is 0.476. The summed E-state index contributed by atoms with van der Waals surface area (Å²) in [5.41, 5.74) is 1.06. The second kappa shape index (κ2) is 12.9. The number of carbonyl (C=O) groups is 2. The molecule has 0 spiro atoms. The number of benzene rings is 1. The van der Waals surface area contributed by atoms with Crippen LogP contribution in [-0.2, 0) is 16.0 Å². The van der Waals surface area contributed by atoms with E-state index >= 15 is 0 Å². The van der Waals surface area contributed by atoms with Gasteiger partial charge in [0.2, 0.25) is 5.91 Å². The fourth-order valence-corrected chi connectivity index (χ4v) is 2.29. The van der Waals surface area contributed by atoms with Crippen LogP contribution in [0.4, 0.5) is 0 Å². The first-order valence-electron chi connectivity index (χ1n) is 9.27. The van der Waals surface area contributed by atoms with Gasteiger partial charge in [-0.25, -0.2) is 4.98 Å². The van der Waals surface area contributed by atoms with Gasteiger partial charge < -0.3 is 9.73 Å². The predicted molar refractivity (Wildman–Crippen MR) is 104 cm³/mol. The molecule has 1 amide bonds. The number of hydrogen-bond acceptors (Lipinski definition) is 4. The minimum Gasteiger partial charge on any atom is -0.441 e. The van der Waals surface area contributed by atoms with Gasteiger partial charge in [-0.15, -0.1) is 0 Å². The van der Waals surface area contributed by atoms with Crippen molar-refractivity contribution in [2.24, 2.45) is 0 Å². The molecule has 0 radical (unpaired) electrons. The summed E-state index contributed by atoms with van der Waals surface area (Å²) in [6.45, 7) is 3.40. The van der Waals surface area contributed by atoms with Crippen molar-refractivity contribution >= 4 is 11.7 Å². The fourth-order valence-electron chi connectivity index (χ4n) is 2.29. The molecule has 1 heterocycles. The average Bonchev–Trinajstić information content (AvgIpc) is 3.14. The molecule has 1 aromatic heterocycles. The second-order valence-corrected chi connectivity index (χ2v) is 6.10. The molecule has 0 bridgehead atoms. The molecule has 0 aliphatic rings. The number of nitrogens with one attached hydrogen (secondary N) is 1. The summed E-state index contributed by atoms with van der Waals surface area (Å²) in [6.07, 6.45) is 8.37. The molecule has 5 nitrogen and oxygen atoms in total. The Kier molecular flexibility index (Phi) is 10.7. The summed E-state index contributed by atoms with van der Waals surface area (Å²) in [6, 6.07) is 10.0. The number of hydrogen-bond donors (Lipinski definition) is 1. The average molecular weight is 358 g/mol. The van der Waals surface area contributed by atoms with Crippen LogP contribution in [0, 0.1) is 0 Å². The maximum absolute atomic E-state index is 11.2. The van der Waals surface area contributed by atoms with E-state index in [1.54, 1.807) is 13.2 Å². The van der Waals surface area contributed by atoms with E-state index in [0.29, 0.717) is 12.2 Å². The third kappa shape index (κ3) is 9.16. The van der Waals surface area contributed by atoms with E-state index in [-0.39, 0.29) is 5.91 Å². The maximum Gasteiger partial charge on any atom is 0.216 e. The topological polar surface area (TPSA) is 72.2 Å². The van der Waals surface area contributed by atoms with Crippen molar-refractivity contribution in [3.63, 3.8) is 0 Å². The Morgan fingerprint density at radius 3 is 2.35 bits per heavy atom. The lowest BCUT2D eigenvalue weighted by Crippen LogP contribution is -2.11. The van der Waals surface area contributed by atoms with Crippen LogP contribution in [0.15, 0.2) is 40.9 Å². The van der Waals surface area contributed by atoms with E-state index < -0.39 is 0 Å². The highest BCUT2D eigenvalue weighted by Crippen LogP contribution is 2.20. The summed E-state index contributed by atoms with van der Waals surface area (Å²) in [4.78, 5) is 25.2. The highest BCUT2D eigenvalue weighted by Gasteiger charge is 2.05. The van der Waals surface area contributed by atoms with Gasteiger partial charge in [0.25, 0.3) is 0 Å². The van der Waals surface area contributed by atoms with Crippen LogP contribution in [0.2, 0.25) is 0 Å².